The molecule has 7 heterocycles. The van der Waals surface area contributed by atoms with Crippen LogP contribution in [0.1, 0.15) is 19.4 Å². The van der Waals surface area contributed by atoms with Crippen molar-refractivity contribution in [3.63, 3.8) is 0 Å². The molecule has 14 aromatic carbocycles. The monoisotopic (exact) mass is 2670 g/mol. The first-order chi connectivity index (χ1) is 69.3. The number of para-hydroxylation sites is 1. The zero-order valence-corrected chi connectivity index (χ0v) is 102. The van der Waals surface area contributed by atoms with Gasteiger partial charge in [0.05, 0.1) is 5.58 Å². The van der Waals surface area contributed by atoms with Crippen LogP contribution in [0.3, 0.4) is 0 Å². The van der Waals surface area contributed by atoms with E-state index in [0.717, 1.165) is 95.9 Å². The van der Waals surface area contributed by atoms with Gasteiger partial charge < -0.3 is 19.4 Å². The van der Waals surface area contributed by atoms with Crippen molar-refractivity contribution >= 4 is 143 Å². The van der Waals surface area contributed by atoms with Gasteiger partial charge in [0.2, 0.25) is 0 Å². The fraction of sp³-hybridized carbons (Fsp3) is 0.123. The second kappa shape index (κ2) is 52.1. The second-order valence-corrected chi connectivity index (χ2v) is 80.5. The third-order valence-corrected chi connectivity index (χ3v) is 60.1. The third-order valence-electron chi connectivity index (χ3n) is 27.4. The molecule has 0 saturated heterocycles. The number of furan rings is 1. The maximum Gasteiger partial charge on any atom is 0 e. The molecule has 0 amide bonds. The van der Waals surface area contributed by atoms with Crippen molar-refractivity contribution in [2.45, 2.75) is 94.1 Å². The van der Waals surface area contributed by atoms with Gasteiger partial charge in [-0.1, -0.05) is 249 Å². The Kier molecular flexibility index (Phi) is 39.7. The number of rotatable bonds is 21. The van der Waals surface area contributed by atoms with Crippen LogP contribution in [0.15, 0.2) is 472 Å². The van der Waals surface area contributed by atoms with E-state index in [1.54, 1.807) is 0 Å². The van der Waals surface area contributed by atoms with Crippen LogP contribution in [-0.4, -0.2) is 93.9 Å². The molecular formula is C130H122Ge3Ir3N6OSi3-6. The summed E-state index contributed by atoms with van der Waals surface area (Å²) in [5.41, 5.74) is 17.8. The zero-order chi connectivity index (χ0) is 99.8. The predicted octanol–water partition coefficient (Wildman–Crippen LogP) is 25.0. The average Bonchev–Trinajstić information content (AvgIpc) is 1.60. The normalized spacial score (nSPS) is 11.3. The molecule has 7 nitrogen and oxygen atoms in total. The van der Waals surface area contributed by atoms with Gasteiger partial charge in [0.15, 0.2) is 0 Å². The van der Waals surface area contributed by atoms with E-state index in [9.17, 15) is 0 Å². The van der Waals surface area contributed by atoms with Crippen LogP contribution in [0, 0.1) is 42.3 Å². The molecule has 0 atom stereocenters. The number of pyridine rings is 6. The summed E-state index contributed by atoms with van der Waals surface area (Å²) < 4.78 is 14.6. The Morgan fingerprint density at radius 2 is 0.568 bits per heavy atom. The summed E-state index contributed by atoms with van der Waals surface area (Å²) in [6.45, 7) is 18.9. The van der Waals surface area contributed by atoms with Gasteiger partial charge in [0.1, 0.15) is 29.8 Å². The Bertz CT molecular complexity index is 7080. The smallest absolute Gasteiger partial charge is 0 e. The molecule has 0 aliphatic heterocycles. The Hall–Kier alpha value is -12.0. The van der Waals surface area contributed by atoms with Crippen LogP contribution in [0.2, 0.25) is 73.8 Å². The van der Waals surface area contributed by atoms with E-state index in [0.29, 0.717) is 5.92 Å². The molecule has 735 valence electrons. The Morgan fingerprint density at radius 1 is 0.247 bits per heavy atom. The van der Waals surface area contributed by atoms with Crippen molar-refractivity contribution in [2.75, 3.05) is 0 Å². The van der Waals surface area contributed by atoms with Gasteiger partial charge in [-0.05, 0) is 56.6 Å². The van der Waals surface area contributed by atoms with Crippen molar-refractivity contribution < 1.29 is 64.7 Å². The number of fused-ring (bicyclic) bond motifs is 3. The first-order valence-corrected chi connectivity index (χ1v) is 77.1. The molecule has 21 aromatic rings. The summed E-state index contributed by atoms with van der Waals surface area (Å²) in [5.74, 6) is 15.1. The standard InChI is InChI=1S/C29H30NSi.C25H20NOSi.3C19H18GeN.C19H18NSi.3Ir/c1-22(2)18-26-20-28(25-15-11-14-24(19-25)23-12-7-5-8-13-23)30-21-29(26)31(3,4)27-16-9-6-10-17-27;1-28(2,19-8-4-3-5-9-19)20-13-14-23(26-17-20)18-12-15-25-22(16-18)21-10-6-7-11-24(21)27-25;3*1-20(2,17-11-7-4-8-12-17)18-13-14-19(21-15-18)16-9-5-3-6-10-16;1-21(2,17-11-7-4-8-12-17)18-13-14-19(20-15-18)16-9-5-3-6-10-16;;;/h5-14,16-17,19-22H,18H2,1-4H3;3-11,13-17H,1-2H3;4*3-9,11-15H,1-2H3;;;/q6*-1;;;. The van der Waals surface area contributed by atoms with Gasteiger partial charge in [-0.15, -0.1) is 95.1 Å². The molecule has 146 heavy (non-hydrogen) atoms. The number of aromatic nitrogens is 6. The van der Waals surface area contributed by atoms with Gasteiger partial charge >= 0.3 is 386 Å². The molecule has 0 spiro atoms. The maximum absolute atomic E-state index is 5.91. The fourth-order valence-corrected chi connectivity index (χ4v) is 39.3. The quantitative estimate of drug-likeness (QED) is 0.0523. The van der Waals surface area contributed by atoms with Gasteiger partial charge in [-0.25, -0.2) is 0 Å². The molecule has 7 aromatic heterocycles. The number of hydrogen-bond acceptors (Lipinski definition) is 7. The van der Waals surface area contributed by atoms with Crippen LogP contribution in [0.5, 0.6) is 0 Å². The van der Waals surface area contributed by atoms with E-state index in [-0.39, 0.29) is 60.3 Å². The maximum atomic E-state index is 5.91. The summed E-state index contributed by atoms with van der Waals surface area (Å²) in [6, 6.07) is 170. The van der Waals surface area contributed by atoms with Gasteiger partial charge in [-0.2, -0.15) is 0 Å². The summed E-state index contributed by atoms with van der Waals surface area (Å²) in [6.07, 6.45) is 13.5. The van der Waals surface area contributed by atoms with E-state index < -0.39 is 64.0 Å². The van der Waals surface area contributed by atoms with Crippen LogP contribution < -0.4 is 57.5 Å². The van der Waals surface area contributed by atoms with Crippen LogP contribution in [-0.2, 0) is 66.7 Å². The molecule has 16 heteroatoms. The van der Waals surface area contributed by atoms with Crippen LogP contribution >= 0.6 is 0 Å². The summed E-state index contributed by atoms with van der Waals surface area (Å²) in [5, 5.41) is 10.7. The van der Waals surface area contributed by atoms with Crippen molar-refractivity contribution in [1.29, 1.82) is 0 Å². The van der Waals surface area contributed by atoms with Crippen molar-refractivity contribution in [3.8, 4) is 78.7 Å². The molecule has 21 rings (SSSR count). The molecule has 0 aliphatic carbocycles. The topological polar surface area (TPSA) is 90.5 Å². The second-order valence-electron chi connectivity index (χ2n) is 39.6. The molecule has 0 unspecified atom stereocenters. The third kappa shape index (κ3) is 27.9. The summed E-state index contributed by atoms with van der Waals surface area (Å²) in [4.78, 5) is 28.3. The van der Waals surface area contributed by atoms with E-state index in [4.69, 9.17) is 14.4 Å². The SMILES string of the molecule is CC(C)Cc1cc(-c2[c-]ccc(-c3ccccc3)c2)ncc1[Si](C)(C)c1ccccc1.C[Si](C)(c1ccccc1)c1ccc(-c2[c-]cc3oc4ccccc4c3c2)nc1.C[Si](C)(c1ccccc1)c1ccc(-c2[c-]cccc2)nc1.[CH3][Ge]([CH3])([c]1ccccc1)[c]1ccc(-c2[c-]cccc2)nc1.[CH3][Ge]([CH3])([c]1ccccc1)[c]1ccc(-c2[c-]cccc2)nc1.[CH3][Ge]([CH3])([c]1ccccc1)[c]1ccc(-c2[c-]cccc2)nc1.[Ir].[Ir].[Ir]. The minimum Gasteiger partial charge on any atom is 0 e. The molecule has 0 fully saturated rings. The van der Waals surface area contributed by atoms with Crippen LogP contribution in [0.25, 0.3) is 101 Å². The first kappa shape index (κ1) is 111. The van der Waals surface area contributed by atoms with Crippen molar-refractivity contribution in [1.82, 2.24) is 29.9 Å². The van der Waals surface area contributed by atoms with Gasteiger partial charge in [0.25, 0.3) is 0 Å². The fourth-order valence-electron chi connectivity index (χ4n) is 18.0. The van der Waals surface area contributed by atoms with Gasteiger partial charge in [0, 0.05) is 84.3 Å². The van der Waals surface area contributed by atoms with Crippen LogP contribution in [0.4, 0.5) is 0 Å². The van der Waals surface area contributed by atoms with E-state index in [2.05, 4.69) is 472 Å². The molecule has 0 N–H and O–H groups in total. The Morgan fingerprint density at radius 3 is 0.925 bits per heavy atom. The zero-order valence-electron chi connectivity index (χ0n) is 85.3. The molecule has 0 bridgehead atoms. The average molecular weight is 2660 g/mol. The molecule has 0 saturated carbocycles. The van der Waals surface area contributed by atoms with Crippen molar-refractivity contribution in [3.05, 3.63) is 510 Å². The minimum atomic E-state index is -2.21. The Balaban J connectivity index is 0.000000147. The summed E-state index contributed by atoms with van der Waals surface area (Å²) >= 11 is -6.64. The number of benzene rings is 14. The van der Waals surface area contributed by atoms with E-state index >= 15 is 0 Å². The summed E-state index contributed by atoms with van der Waals surface area (Å²) in [7, 11) is -5.22. The number of hydrogen-bond donors (Lipinski definition) is 0. The minimum absolute atomic E-state index is 0. The largest absolute Gasteiger partial charge is 0 e. The van der Waals surface area contributed by atoms with Crippen molar-refractivity contribution in [2.24, 2.45) is 5.92 Å². The molecular weight excluding hydrogens is 2540 g/mol. The predicted molar refractivity (Wildman–Crippen MR) is 621 cm³/mol. The van der Waals surface area contributed by atoms with Gasteiger partial charge in [-0.3, -0.25) is 0 Å². The molecule has 0 aliphatic rings. The van der Waals surface area contributed by atoms with E-state index in [1.807, 2.05) is 140 Å². The molecule has 3 radical (unpaired) electrons. The number of nitrogens with zero attached hydrogens (tertiary/aromatic N) is 6. The van der Waals surface area contributed by atoms with E-state index in [1.165, 1.54) is 74.2 Å². The Labute approximate surface area is 917 Å². The first-order valence-electron chi connectivity index (χ1n) is 49.2.